The first-order valence-corrected chi connectivity index (χ1v) is 7.34. The lowest BCUT2D eigenvalue weighted by molar-refractivity contribution is -0.138. The number of ether oxygens (including phenoxy) is 2. The molecule has 0 heterocycles. The van der Waals surface area contributed by atoms with E-state index in [1.165, 1.54) is 12.1 Å². The summed E-state index contributed by atoms with van der Waals surface area (Å²) in [4.78, 5) is 0. The summed E-state index contributed by atoms with van der Waals surface area (Å²) in [5.74, 6) is -0.221. The molecule has 1 rings (SSSR count). The second kappa shape index (κ2) is 9.42. The molecule has 0 aromatic heterocycles. The van der Waals surface area contributed by atoms with Gasteiger partial charge in [-0.1, -0.05) is 15.9 Å². The van der Waals surface area contributed by atoms with Crippen molar-refractivity contribution in [2.24, 2.45) is 0 Å². The summed E-state index contributed by atoms with van der Waals surface area (Å²) in [6, 6.07) is 4.68. The Morgan fingerprint density at radius 2 is 1.95 bits per heavy atom. The van der Waals surface area contributed by atoms with Gasteiger partial charge in [-0.3, -0.25) is 0 Å². The molecule has 19 heavy (non-hydrogen) atoms. The van der Waals surface area contributed by atoms with Gasteiger partial charge in [0.15, 0.2) is 6.29 Å². The summed E-state index contributed by atoms with van der Waals surface area (Å²) in [5, 5.41) is 3.26. The van der Waals surface area contributed by atoms with Gasteiger partial charge in [0.05, 0.1) is 0 Å². The molecule has 0 atom stereocenters. The second-order valence-corrected chi connectivity index (χ2v) is 4.90. The summed E-state index contributed by atoms with van der Waals surface area (Å²) < 4.78 is 24.9. The van der Waals surface area contributed by atoms with Crippen LogP contribution in [0.25, 0.3) is 0 Å². The van der Waals surface area contributed by atoms with E-state index in [2.05, 4.69) is 21.2 Å². The summed E-state index contributed by atoms with van der Waals surface area (Å²) in [6.45, 7) is 6.55. The predicted molar refractivity (Wildman–Crippen MR) is 77.5 cm³/mol. The van der Waals surface area contributed by atoms with Crippen molar-refractivity contribution >= 4 is 15.9 Å². The van der Waals surface area contributed by atoms with E-state index in [0.29, 0.717) is 19.8 Å². The number of hydrogen-bond acceptors (Lipinski definition) is 3. The van der Waals surface area contributed by atoms with Gasteiger partial charge >= 0.3 is 0 Å². The molecular formula is C14H21BrFNO2. The lowest BCUT2D eigenvalue weighted by atomic mass is 10.2. The van der Waals surface area contributed by atoms with Gasteiger partial charge in [0.25, 0.3) is 0 Å². The number of hydrogen-bond donors (Lipinski definition) is 1. The summed E-state index contributed by atoms with van der Waals surface area (Å²) in [6.07, 6.45) is 0.604. The maximum atomic E-state index is 13.1. The molecule has 1 N–H and O–H groups in total. The van der Waals surface area contributed by atoms with E-state index in [0.717, 1.165) is 23.0 Å². The summed E-state index contributed by atoms with van der Waals surface area (Å²) >= 11 is 3.41. The number of benzene rings is 1. The van der Waals surface area contributed by atoms with Crippen LogP contribution in [0.5, 0.6) is 0 Å². The second-order valence-electron chi connectivity index (χ2n) is 4.04. The summed E-state index contributed by atoms with van der Waals surface area (Å²) in [7, 11) is 0. The van der Waals surface area contributed by atoms with Gasteiger partial charge in [-0.15, -0.1) is 0 Å². The van der Waals surface area contributed by atoms with Gasteiger partial charge in [-0.05, 0) is 37.6 Å². The van der Waals surface area contributed by atoms with Gasteiger partial charge in [0.2, 0.25) is 0 Å². The zero-order valence-electron chi connectivity index (χ0n) is 11.4. The molecule has 0 saturated carbocycles. The zero-order chi connectivity index (χ0) is 14.1. The van der Waals surface area contributed by atoms with Gasteiger partial charge < -0.3 is 14.8 Å². The Balaban J connectivity index is 2.31. The molecule has 0 spiro atoms. The monoisotopic (exact) mass is 333 g/mol. The molecule has 0 fully saturated rings. The van der Waals surface area contributed by atoms with Gasteiger partial charge in [-0.25, -0.2) is 4.39 Å². The Kier molecular flexibility index (Phi) is 8.21. The topological polar surface area (TPSA) is 30.5 Å². The van der Waals surface area contributed by atoms with E-state index in [4.69, 9.17) is 9.47 Å². The van der Waals surface area contributed by atoms with Crippen LogP contribution in [0.15, 0.2) is 22.7 Å². The van der Waals surface area contributed by atoms with Crippen molar-refractivity contribution in [2.75, 3.05) is 19.8 Å². The van der Waals surface area contributed by atoms with E-state index in [1.54, 1.807) is 6.07 Å². The van der Waals surface area contributed by atoms with E-state index < -0.39 is 0 Å². The van der Waals surface area contributed by atoms with Crippen molar-refractivity contribution in [3.8, 4) is 0 Å². The molecule has 0 aliphatic heterocycles. The van der Waals surface area contributed by atoms with Gasteiger partial charge in [0.1, 0.15) is 5.82 Å². The minimum absolute atomic E-state index is 0.168. The van der Waals surface area contributed by atoms with Gasteiger partial charge in [0, 0.05) is 37.2 Å². The lowest BCUT2D eigenvalue weighted by Crippen LogP contribution is -2.24. The molecule has 0 unspecified atom stereocenters. The predicted octanol–water partition coefficient (Wildman–Crippen LogP) is 3.47. The third kappa shape index (κ3) is 6.47. The SMILES string of the molecule is CCOC(CCNCc1cc(F)ccc1Br)OCC. The van der Waals surface area contributed by atoms with Crippen LogP contribution in [0.3, 0.4) is 0 Å². The van der Waals surface area contributed by atoms with Crippen molar-refractivity contribution in [1.29, 1.82) is 0 Å². The number of nitrogens with one attached hydrogen (secondary N) is 1. The van der Waals surface area contributed by atoms with Crippen molar-refractivity contribution in [3.05, 3.63) is 34.1 Å². The van der Waals surface area contributed by atoms with Crippen LogP contribution < -0.4 is 5.32 Å². The van der Waals surface area contributed by atoms with Crippen LogP contribution in [-0.2, 0) is 16.0 Å². The van der Waals surface area contributed by atoms with E-state index in [1.807, 2.05) is 13.8 Å². The first-order valence-electron chi connectivity index (χ1n) is 6.55. The molecule has 0 bridgehead atoms. The molecule has 5 heteroatoms. The third-order valence-corrected chi connectivity index (χ3v) is 3.36. The molecule has 1 aromatic rings. The smallest absolute Gasteiger partial charge is 0.158 e. The minimum Gasteiger partial charge on any atom is -0.353 e. The highest BCUT2D eigenvalue weighted by molar-refractivity contribution is 9.10. The van der Waals surface area contributed by atoms with Crippen LogP contribution in [0.4, 0.5) is 4.39 Å². The van der Waals surface area contributed by atoms with Crippen LogP contribution in [0.2, 0.25) is 0 Å². The highest BCUT2D eigenvalue weighted by Gasteiger charge is 2.07. The molecule has 108 valence electrons. The Morgan fingerprint density at radius 1 is 1.26 bits per heavy atom. The Hall–Kier alpha value is -0.490. The van der Waals surface area contributed by atoms with Crippen molar-refractivity contribution in [2.45, 2.75) is 33.1 Å². The summed E-state index contributed by atoms with van der Waals surface area (Å²) in [5.41, 5.74) is 0.907. The zero-order valence-corrected chi connectivity index (χ0v) is 13.0. The normalized spacial score (nSPS) is 11.2. The fraction of sp³-hybridized carbons (Fsp3) is 0.571. The van der Waals surface area contributed by atoms with Crippen molar-refractivity contribution in [3.63, 3.8) is 0 Å². The van der Waals surface area contributed by atoms with E-state index in [-0.39, 0.29) is 12.1 Å². The molecule has 0 saturated heterocycles. The largest absolute Gasteiger partial charge is 0.353 e. The maximum absolute atomic E-state index is 13.1. The standard InChI is InChI=1S/C14H21BrFNO2/c1-3-18-14(19-4-2)7-8-17-10-11-9-12(16)5-6-13(11)15/h5-6,9,14,17H,3-4,7-8,10H2,1-2H3. The quantitative estimate of drug-likeness (QED) is 0.554. The molecule has 0 radical (unpaired) electrons. The fourth-order valence-corrected chi connectivity index (χ4v) is 2.10. The third-order valence-electron chi connectivity index (χ3n) is 2.59. The van der Waals surface area contributed by atoms with Crippen LogP contribution in [-0.4, -0.2) is 26.0 Å². The Bertz CT molecular complexity index is 370. The fourth-order valence-electron chi connectivity index (χ4n) is 1.71. The first kappa shape index (κ1) is 16.6. The average Bonchev–Trinajstić information content (AvgIpc) is 2.39. The van der Waals surface area contributed by atoms with Crippen LogP contribution >= 0.6 is 15.9 Å². The van der Waals surface area contributed by atoms with Crippen molar-refractivity contribution in [1.82, 2.24) is 5.32 Å². The maximum Gasteiger partial charge on any atom is 0.158 e. The highest BCUT2D eigenvalue weighted by Crippen LogP contribution is 2.17. The average molecular weight is 334 g/mol. The minimum atomic E-state index is -0.221. The molecule has 0 aliphatic carbocycles. The molecule has 0 aliphatic rings. The molecule has 3 nitrogen and oxygen atoms in total. The molecule has 0 amide bonds. The highest BCUT2D eigenvalue weighted by atomic mass is 79.9. The molecular weight excluding hydrogens is 313 g/mol. The first-order chi connectivity index (χ1) is 9.17. The Labute approximate surface area is 122 Å². The van der Waals surface area contributed by atoms with Crippen molar-refractivity contribution < 1.29 is 13.9 Å². The van der Waals surface area contributed by atoms with Crippen LogP contribution in [0, 0.1) is 5.82 Å². The number of halogens is 2. The Morgan fingerprint density at radius 3 is 2.58 bits per heavy atom. The number of rotatable bonds is 9. The van der Waals surface area contributed by atoms with E-state index in [9.17, 15) is 4.39 Å². The lowest BCUT2D eigenvalue weighted by Gasteiger charge is -2.17. The molecule has 1 aromatic carbocycles. The van der Waals surface area contributed by atoms with Gasteiger partial charge in [-0.2, -0.15) is 0 Å². The van der Waals surface area contributed by atoms with E-state index >= 15 is 0 Å². The van der Waals surface area contributed by atoms with Crippen LogP contribution in [0.1, 0.15) is 25.8 Å².